The fraction of sp³-hybridized carbons (Fsp3) is 0.500. The van der Waals surface area contributed by atoms with Gasteiger partial charge in [-0.15, -0.1) is 0 Å². The zero-order chi connectivity index (χ0) is 10.7. The first-order valence-electron chi connectivity index (χ1n) is 4.62. The van der Waals surface area contributed by atoms with E-state index in [1.165, 1.54) is 0 Å². The number of nitrogen functional groups attached to an aromatic ring is 1. The molecule has 4 heteroatoms. The highest BCUT2D eigenvalue weighted by Gasteiger charge is 2.12. The van der Waals surface area contributed by atoms with Gasteiger partial charge in [-0.25, -0.2) is 4.98 Å². The molecule has 1 unspecified atom stereocenters. The highest BCUT2D eigenvalue weighted by molar-refractivity contribution is 5.63. The van der Waals surface area contributed by atoms with Gasteiger partial charge in [0.1, 0.15) is 0 Å². The maximum absolute atomic E-state index is 9.00. The molecule has 3 N–H and O–H groups in total. The molecular weight excluding hydrogens is 178 g/mol. The van der Waals surface area contributed by atoms with E-state index in [4.69, 9.17) is 10.8 Å². The summed E-state index contributed by atoms with van der Waals surface area (Å²) in [4.78, 5) is 6.11. The molecule has 0 fully saturated rings. The van der Waals surface area contributed by atoms with Crippen LogP contribution >= 0.6 is 0 Å². The molecule has 1 aromatic rings. The van der Waals surface area contributed by atoms with Gasteiger partial charge >= 0.3 is 0 Å². The van der Waals surface area contributed by atoms with Gasteiger partial charge in [0.2, 0.25) is 0 Å². The Bertz CT molecular complexity index is 314. The van der Waals surface area contributed by atoms with Crippen LogP contribution in [0.15, 0.2) is 12.3 Å². The van der Waals surface area contributed by atoms with E-state index in [-0.39, 0.29) is 12.6 Å². The molecule has 78 valence electrons. The Morgan fingerprint density at radius 1 is 1.64 bits per heavy atom. The molecule has 0 amide bonds. The quantitative estimate of drug-likeness (QED) is 0.748. The van der Waals surface area contributed by atoms with Crippen LogP contribution in [0.1, 0.15) is 12.5 Å². The summed E-state index contributed by atoms with van der Waals surface area (Å²) in [6, 6.07) is 1.90. The normalized spacial score (nSPS) is 12.6. The Morgan fingerprint density at radius 3 is 2.79 bits per heavy atom. The monoisotopic (exact) mass is 195 g/mol. The lowest BCUT2D eigenvalue weighted by atomic mass is 10.2. The fourth-order valence-corrected chi connectivity index (χ4v) is 1.21. The molecule has 0 spiro atoms. The minimum atomic E-state index is 0.0208. The van der Waals surface area contributed by atoms with Crippen LogP contribution in [0, 0.1) is 6.92 Å². The third kappa shape index (κ3) is 2.14. The Balaban J connectivity index is 2.95. The van der Waals surface area contributed by atoms with Crippen molar-refractivity contribution in [2.24, 2.45) is 0 Å². The number of rotatable bonds is 3. The van der Waals surface area contributed by atoms with Crippen LogP contribution in [0.4, 0.5) is 11.5 Å². The van der Waals surface area contributed by atoms with Crippen molar-refractivity contribution in [1.82, 2.24) is 4.98 Å². The summed E-state index contributed by atoms with van der Waals surface area (Å²) < 4.78 is 0. The molecule has 0 aliphatic heterocycles. The lowest BCUT2D eigenvalue weighted by molar-refractivity contribution is 0.270. The smallest absolute Gasteiger partial charge is 0.151 e. The van der Waals surface area contributed by atoms with Crippen molar-refractivity contribution in [2.45, 2.75) is 19.9 Å². The summed E-state index contributed by atoms with van der Waals surface area (Å²) in [5.41, 5.74) is 7.51. The summed E-state index contributed by atoms with van der Waals surface area (Å²) >= 11 is 0. The molecule has 4 nitrogen and oxygen atoms in total. The first kappa shape index (κ1) is 10.8. The van der Waals surface area contributed by atoms with Crippen LogP contribution in [0.3, 0.4) is 0 Å². The van der Waals surface area contributed by atoms with Crippen molar-refractivity contribution in [1.29, 1.82) is 0 Å². The fourth-order valence-electron chi connectivity index (χ4n) is 1.21. The second-order valence-corrected chi connectivity index (χ2v) is 3.57. The van der Waals surface area contributed by atoms with Gasteiger partial charge in [0.15, 0.2) is 5.82 Å². The Hall–Kier alpha value is -1.29. The molecule has 0 saturated heterocycles. The van der Waals surface area contributed by atoms with Gasteiger partial charge in [0.25, 0.3) is 0 Å². The average Bonchev–Trinajstić information content (AvgIpc) is 2.15. The minimum absolute atomic E-state index is 0.0208. The van der Waals surface area contributed by atoms with Crippen molar-refractivity contribution in [3.63, 3.8) is 0 Å². The molecule has 1 atom stereocenters. The molecule has 0 aromatic carbocycles. The van der Waals surface area contributed by atoms with E-state index in [0.717, 1.165) is 11.4 Å². The molecule has 1 heterocycles. The van der Waals surface area contributed by atoms with E-state index in [9.17, 15) is 0 Å². The van der Waals surface area contributed by atoms with Crippen LogP contribution in [0.2, 0.25) is 0 Å². The zero-order valence-electron chi connectivity index (χ0n) is 8.86. The molecule has 0 aliphatic carbocycles. The second-order valence-electron chi connectivity index (χ2n) is 3.57. The molecule has 1 aromatic heterocycles. The van der Waals surface area contributed by atoms with E-state index in [1.54, 1.807) is 6.20 Å². The first-order chi connectivity index (χ1) is 6.56. The summed E-state index contributed by atoms with van der Waals surface area (Å²) in [6.45, 7) is 3.95. The van der Waals surface area contributed by atoms with Crippen molar-refractivity contribution in [3.05, 3.63) is 17.8 Å². The van der Waals surface area contributed by atoms with Gasteiger partial charge in [-0.05, 0) is 25.5 Å². The van der Waals surface area contributed by atoms with Gasteiger partial charge in [-0.1, -0.05) is 0 Å². The number of hydrogen-bond acceptors (Lipinski definition) is 4. The molecule has 0 radical (unpaired) electrons. The summed E-state index contributed by atoms with van der Waals surface area (Å²) in [5, 5.41) is 9.00. The van der Waals surface area contributed by atoms with E-state index in [2.05, 4.69) is 4.98 Å². The highest BCUT2D eigenvalue weighted by atomic mass is 16.3. The number of aromatic nitrogens is 1. The van der Waals surface area contributed by atoms with E-state index in [0.29, 0.717) is 5.69 Å². The topological polar surface area (TPSA) is 62.4 Å². The predicted molar refractivity (Wildman–Crippen MR) is 58.3 cm³/mol. The first-order valence-corrected chi connectivity index (χ1v) is 4.62. The van der Waals surface area contributed by atoms with Crippen LogP contribution in [-0.2, 0) is 0 Å². The number of aliphatic hydroxyl groups is 1. The lowest BCUT2D eigenvalue weighted by Gasteiger charge is -2.25. The van der Waals surface area contributed by atoms with Gasteiger partial charge in [0, 0.05) is 13.2 Å². The third-order valence-electron chi connectivity index (χ3n) is 2.29. The summed E-state index contributed by atoms with van der Waals surface area (Å²) in [7, 11) is 1.87. The van der Waals surface area contributed by atoms with Crippen molar-refractivity contribution in [2.75, 3.05) is 24.3 Å². The van der Waals surface area contributed by atoms with Crippen molar-refractivity contribution < 1.29 is 5.11 Å². The number of aryl methyl sites for hydroxylation is 1. The molecule has 1 rings (SSSR count). The number of likely N-dealkylation sites (N-methyl/N-ethyl adjacent to an activating group) is 1. The summed E-state index contributed by atoms with van der Waals surface area (Å²) in [5.74, 6) is 0.720. The number of nitrogens with zero attached hydrogens (tertiary/aromatic N) is 2. The van der Waals surface area contributed by atoms with Crippen LogP contribution in [0.5, 0.6) is 0 Å². The van der Waals surface area contributed by atoms with Gasteiger partial charge in [-0.3, -0.25) is 0 Å². The Kier molecular flexibility index (Phi) is 3.30. The molecule has 0 saturated carbocycles. The number of aliphatic hydroxyl groups excluding tert-OH is 1. The predicted octanol–water partition coefficient (Wildman–Crippen LogP) is 0.789. The standard InChI is InChI=1S/C10H17N3O/c1-7-4-9(11)10(12-5-7)13(3)8(2)6-14/h4-5,8,14H,6,11H2,1-3H3. The maximum Gasteiger partial charge on any atom is 0.151 e. The number of hydrogen-bond donors (Lipinski definition) is 2. The van der Waals surface area contributed by atoms with E-state index >= 15 is 0 Å². The minimum Gasteiger partial charge on any atom is -0.396 e. The average molecular weight is 195 g/mol. The van der Waals surface area contributed by atoms with Crippen molar-refractivity contribution >= 4 is 11.5 Å². The molecule has 0 aliphatic rings. The SMILES string of the molecule is Cc1cnc(N(C)C(C)CO)c(N)c1. The third-order valence-corrected chi connectivity index (χ3v) is 2.29. The Morgan fingerprint density at radius 2 is 2.29 bits per heavy atom. The van der Waals surface area contributed by atoms with E-state index in [1.807, 2.05) is 31.9 Å². The second kappa shape index (κ2) is 4.28. The molecule has 0 bridgehead atoms. The van der Waals surface area contributed by atoms with E-state index < -0.39 is 0 Å². The van der Waals surface area contributed by atoms with Crippen LogP contribution in [0.25, 0.3) is 0 Å². The largest absolute Gasteiger partial charge is 0.396 e. The van der Waals surface area contributed by atoms with Gasteiger partial charge in [-0.2, -0.15) is 0 Å². The molecule has 14 heavy (non-hydrogen) atoms. The van der Waals surface area contributed by atoms with Gasteiger partial charge < -0.3 is 15.7 Å². The van der Waals surface area contributed by atoms with Gasteiger partial charge in [0.05, 0.1) is 18.3 Å². The van der Waals surface area contributed by atoms with Crippen molar-refractivity contribution in [3.8, 4) is 0 Å². The highest BCUT2D eigenvalue weighted by Crippen LogP contribution is 2.21. The summed E-state index contributed by atoms with van der Waals surface area (Å²) in [6.07, 6.45) is 1.77. The zero-order valence-corrected chi connectivity index (χ0v) is 8.86. The van der Waals surface area contributed by atoms with Crippen LogP contribution in [-0.4, -0.2) is 29.8 Å². The number of pyridine rings is 1. The number of anilines is 2. The maximum atomic E-state index is 9.00. The van der Waals surface area contributed by atoms with Crippen LogP contribution < -0.4 is 10.6 Å². The Labute approximate surface area is 84.4 Å². The lowest BCUT2D eigenvalue weighted by Crippen LogP contribution is -2.33. The number of nitrogens with two attached hydrogens (primary N) is 1. The molecular formula is C10H17N3O.